The largest absolute Gasteiger partial charge is 0.375 e. The molecule has 174 valence electrons. The highest BCUT2D eigenvalue weighted by Crippen LogP contribution is 2.41. The Morgan fingerprint density at radius 2 is 1.94 bits per heavy atom. The van der Waals surface area contributed by atoms with Gasteiger partial charge in [-0.15, -0.1) is 0 Å². The van der Waals surface area contributed by atoms with E-state index >= 15 is 0 Å². The summed E-state index contributed by atoms with van der Waals surface area (Å²) in [5.41, 5.74) is 6.63. The highest BCUT2D eigenvalue weighted by atomic mass is 16.2. The van der Waals surface area contributed by atoms with E-state index in [0.717, 1.165) is 30.6 Å². The summed E-state index contributed by atoms with van der Waals surface area (Å²) < 4.78 is 0. The molecule has 1 aromatic carbocycles. The fraction of sp³-hybridized carbons (Fsp3) is 0.522. The van der Waals surface area contributed by atoms with Crippen molar-refractivity contribution in [3.05, 3.63) is 29.3 Å². The highest BCUT2D eigenvalue weighted by molar-refractivity contribution is 6.25. The Morgan fingerprint density at radius 1 is 1.12 bits per heavy atom. The van der Waals surface area contributed by atoms with E-state index in [1.165, 1.54) is 6.07 Å². The fourth-order valence-corrected chi connectivity index (χ4v) is 5.91. The number of hydrogen-bond donors (Lipinski definition) is 3. The number of amides is 5. The first-order valence-corrected chi connectivity index (χ1v) is 11.5. The molecule has 0 aromatic heterocycles. The van der Waals surface area contributed by atoms with Crippen LogP contribution in [0.3, 0.4) is 0 Å². The summed E-state index contributed by atoms with van der Waals surface area (Å²) in [7, 11) is 0. The molecule has 0 bridgehead atoms. The molecule has 5 amide bonds. The number of nitrogens with one attached hydrogen (secondary N) is 2. The lowest BCUT2D eigenvalue weighted by atomic mass is 10.0. The van der Waals surface area contributed by atoms with Crippen LogP contribution in [0.15, 0.2) is 18.2 Å². The lowest BCUT2D eigenvalue weighted by Crippen LogP contribution is -2.54. The molecule has 1 aromatic rings. The minimum absolute atomic E-state index is 0.0178. The molecule has 5 rings (SSSR count). The average Bonchev–Trinajstić information content (AvgIpc) is 3.45. The van der Waals surface area contributed by atoms with E-state index in [9.17, 15) is 24.0 Å². The molecule has 33 heavy (non-hydrogen) atoms. The van der Waals surface area contributed by atoms with Crippen molar-refractivity contribution < 1.29 is 24.0 Å². The summed E-state index contributed by atoms with van der Waals surface area (Å²) in [6.07, 6.45) is 4.31. The normalized spacial score (nSPS) is 28.8. The van der Waals surface area contributed by atoms with Crippen LogP contribution in [-0.4, -0.2) is 70.6 Å². The van der Waals surface area contributed by atoms with Crippen LogP contribution in [0.4, 0.5) is 5.69 Å². The molecule has 2 saturated heterocycles. The zero-order chi connectivity index (χ0) is 23.3. The summed E-state index contributed by atoms with van der Waals surface area (Å²) in [6, 6.07) is 4.04. The van der Waals surface area contributed by atoms with Gasteiger partial charge in [-0.05, 0) is 43.7 Å². The van der Waals surface area contributed by atoms with Gasteiger partial charge in [0.1, 0.15) is 6.04 Å². The van der Waals surface area contributed by atoms with Gasteiger partial charge in [0.05, 0.1) is 17.7 Å². The number of nitrogens with zero attached hydrogens (tertiary/aromatic N) is 2. The predicted octanol–water partition coefficient (Wildman–Crippen LogP) is 0.228. The topological polar surface area (TPSA) is 142 Å². The number of anilines is 1. The van der Waals surface area contributed by atoms with Gasteiger partial charge in [-0.2, -0.15) is 0 Å². The van der Waals surface area contributed by atoms with Crippen molar-refractivity contribution in [3.8, 4) is 0 Å². The monoisotopic (exact) mass is 453 g/mol. The maximum atomic E-state index is 13.2. The lowest BCUT2D eigenvalue weighted by molar-refractivity contribution is -0.136. The Hall–Kier alpha value is -3.27. The van der Waals surface area contributed by atoms with E-state index < -0.39 is 29.7 Å². The quantitative estimate of drug-likeness (QED) is 0.542. The highest BCUT2D eigenvalue weighted by Gasteiger charge is 2.47. The second-order valence-electron chi connectivity index (χ2n) is 9.21. The van der Waals surface area contributed by atoms with Crippen LogP contribution in [0, 0.1) is 5.92 Å². The Bertz CT molecular complexity index is 1060. The maximum absolute atomic E-state index is 13.2. The van der Waals surface area contributed by atoms with Crippen molar-refractivity contribution in [2.75, 3.05) is 18.4 Å². The van der Waals surface area contributed by atoms with Gasteiger partial charge in [0.25, 0.3) is 11.8 Å². The van der Waals surface area contributed by atoms with Gasteiger partial charge in [0, 0.05) is 30.7 Å². The Labute approximate surface area is 190 Å². The zero-order valence-corrected chi connectivity index (χ0v) is 18.2. The third kappa shape index (κ3) is 3.49. The third-order valence-corrected chi connectivity index (χ3v) is 7.40. The summed E-state index contributed by atoms with van der Waals surface area (Å²) in [4.78, 5) is 65.9. The second-order valence-corrected chi connectivity index (χ2v) is 9.21. The SMILES string of the molecule is NC[C@@H]1C[C@@H]2CCC[C@@H]2N1C(=O)CNc1cccc2c1C(=O)N(C1CCC(=O)NC1=O)C2=O. The summed E-state index contributed by atoms with van der Waals surface area (Å²) in [6.45, 7) is 0.406. The van der Waals surface area contributed by atoms with Gasteiger partial charge in [-0.1, -0.05) is 12.5 Å². The van der Waals surface area contributed by atoms with Crippen molar-refractivity contribution in [1.29, 1.82) is 0 Å². The minimum Gasteiger partial charge on any atom is -0.375 e. The van der Waals surface area contributed by atoms with Crippen LogP contribution in [-0.2, 0) is 14.4 Å². The van der Waals surface area contributed by atoms with Crippen LogP contribution in [0.25, 0.3) is 0 Å². The molecule has 1 saturated carbocycles. The second kappa shape index (κ2) is 8.26. The average molecular weight is 453 g/mol. The summed E-state index contributed by atoms with van der Waals surface area (Å²) in [5.74, 6) is -1.82. The van der Waals surface area contributed by atoms with Crippen molar-refractivity contribution in [3.63, 3.8) is 0 Å². The van der Waals surface area contributed by atoms with Gasteiger partial charge >= 0.3 is 0 Å². The van der Waals surface area contributed by atoms with Crippen LogP contribution in [0.2, 0.25) is 0 Å². The van der Waals surface area contributed by atoms with Gasteiger partial charge in [0.15, 0.2) is 0 Å². The Kier molecular flexibility index (Phi) is 5.40. The number of hydrogen-bond acceptors (Lipinski definition) is 7. The van der Waals surface area contributed by atoms with E-state index in [1.54, 1.807) is 12.1 Å². The van der Waals surface area contributed by atoms with Crippen molar-refractivity contribution in [1.82, 2.24) is 15.1 Å². The number of fused-ring (bicyclic) bond motifs is 2. The molecule has 3 heterocycles. The molecule has 0 radical (unpaired) electrons. The molecule has 4 atom stereocenters. The number of carbonyl (C=O) groups excluding carboxylic acids is 5. The Morgan fingerprint density at radius 3 is 2.70 bits per heavy atom. The van der Waals surface area contributed by atoms with Gasteiger partial charge < -0.3 is 16.0 Å². The number of carbonyl (C=O) groups is 5. The van der Waals surface area contributed by atoms with Gasteiger partial charge in [-0.25, -0.2) is 0 Å². The van der Waals surface area contributed by atoms with Gasteiger partial charge in [-0.3, -0.25) is 34.2 Å². The molecule has 10 nitrogen and oxygen atoms in total. The third-order valence-electron chi connectivity index (χ3n) is 7.40. The molecule has 1 aliphatic carbocycles. The van der Waals surface area contributed by atoms with E-state index in [1.807, 2.05) is 4.90 Å². The van der Waals surface area contributed by atoms with E-state index in [-0.39, 0.29) is 48.5 Å². The smallest absolute Gasteiger partial charge is 0.264 e. The summed E-state index contributed by atoms with van der Waals surface area (Å²) in [5, 5.41) is 5.24. The molecular formula is C23H27N5O5. The summed E-state index contributed by atoms with van der Waals surface area (Å²) >= 11 is 0. The first-order valence-electron chi connectivity index (χ1n) is 11.5. The van der Waals surface area contributed by atoms with E-state index in [4.69, 9.17) is 5.73 Å². The van der Waals surface area contributed by atoms with Crippen molar-refractivity contribution in [2.45, 2.75) is 56.7 Å². The molecule has 0 spiro atoms. The number of rotatable bonds is 5. The van der Waals surface area contributed by atoms with E-state index in [2.05, 4.69) is 10.6 Å². The number of imide groups is 2. The van der Waals surface area contributed by atoms with Crippen LogP contribution < -0.4 is 16.4 Å². The first kappa shape index (κ1) is 21.6. The molecule has 3 fully saturated rings. The molecule has 3 aliphatic heterocycles. The molecule has 4 aliphatic rings. The number of likely N-dealkylation sites (tertiary alicyclic amines) is 1. The molecule has 10 heteroatoms. The predicted molar refractivity (Wildman–Crippen MR) is 117 cm³/mol. The van der Waals surface area contributed by atoms with Crippen molar-refractivity contribution in [2.24, 2.45) is 11.7 Å². The van der Waals surface area contributed by atoms with Crippen LogP contribution >= 0.6 is 0 Å². The number of benzene rings is 1. The van der Waals surface area contributed by atoms with Gasteiger partial charge in [0.2, 0.25) is 17.7 Å². The van der Waals surface area contributed by atoms with Crippen LogP contribution in [0.5, 0.6) is 0 Å². The minimum atomic E-state index is -1.03. The standard InChI is InChI=1S/C23H27N5O5/c24-10-13-9-12-3-1-6-16(12)27(13)19(30)11-25-15-5-2-4-14-20(15)23(33)28(22(14)32)17-7-8-18(29)26-21(17)31/h2,4-5,12-13,16-17,25H,1,3,6-11,24H2,(H,26,29,31)/t12-,13-,16-,17?/m0/s1. The number of nitrogens with two attached hydrogens (primary N) is 1. The number of piperidine rings is 1. The molecule has 1 unspecified atom stereocenters. The van der Waals surface area contributed by atoms with Crippen LogP contribution in [0.1, 0.15) is 59.2 Å². The molecular weight excluding hydrogens is 426 g/mol. The van der Waals surface area contributed by atoms with Crippen molar-refractivity contribution >= 4 is 35.2 Å². The lowest BCUT2D eigenvalue weighted by Gasteiger charge is -2.29. The first-order chi connectivity index (χ1) is 15.9. The molecule has 4 N–H and O–H groups in total. The Balaban J connectivity index is 1.34. The zero-order valence-electron chi connectivity index (χ0n) is 18.2. The maximum Gasteiger partial charge on any atom is 0.264 e. The fourth-order valence-electron chi connectivity index (χ4n) is 5.91. The van der Waals surface area contributed by atoms with E-state index in [0.29, 0.717) is 18.2 Å².